The lowest BCUT2D eigenvalue weighted by Gasteiger charge is -2.19. The van der Waals surface area contributed by atoms with Crippen LogP contribution in [0.3, 0.4) is 0 Å². The van der Waals surface area contributed by atoms with Crippen molar-refractivity contribution in [2.45, 2.75) is 40.7 Å². The molecule has 0 aliphatic heterocycles. The van der Waals surface area contributed by atoms with Crippen LogP contribution in [0, 0.1) is 12.3 Å². The Morgan fingerprint density at radius 2 is 2.07 bits per heavy atom. The van der Waals surface area contributed by atoms with E-state index in [1.807, 2.05) is 23.8 Å². The predicted molar refractivity (Wildman–Crippen MR) is 60.2 cm³/mol. The molecule has 0 bridgehead atoms. The van der Waals surface area contributed by atoms with Crippen molar-refractivity contribution in [3.8, 4) is 0 Å². The van der Waals surface area contributed by atoms with Crippen LogP contribution in [0.15, 0.2) is 12.3 Å². The van der Waals surface area contributed by atoms with Gasteiger partial charge in [0, 0.05) is 12.7 Å². The van der Waals surface area contributed by atoms with Gasteiger partial charge in [-0.2, -0.15) is 0 Å². The zero-order valence-corrected chi connectivity index (χ0v) is 9.87. The third-order valence-electron chi connectivity index (χ3n) is 2.47. The smallest absolute Gasteiger partial charge is 0.352 e. The lowest BCUT2D eigenvalue weighted by Crippen LogP contribution is -2.14. The van der Waals surface area contributed by atoms with Crippen molar-refractivity contribution >= 4 is 5.97 Å². The van der Waals surface area contributed by atoms with E-state index in [4.69, 9.17) is 5.11 Å². The van der Waals surface area contributed by atoms with Gasteiger partial charge in [-0.3, -0.25) is 0 Å². The summed E-state index contributed by atoms with van der Waals surface area (Å²) in [5.41, 5.74) is 1.48. The number of hydrogen-bond acceptors (Lipinski definition) is 1. The Morgan fingerprint density at radius 3 is 2.53 bits per heavy atom. The zero-order valence-electron chi connectivity index (χ0n) is 9.87. The topological polar surface area (TPSA) is 42.2 Å². The number of aromatic nitrogens is 1. The van der Waals surface area contributed by atoms with Crippen molar-refractivity contribution in [1.29, 1.82) is 0 Å². The molecule has 1 heterocycles. The van der Waals surface area contributed by atoms with E-state index in [-0.39, 0.29) is 5.41 Å². The summed E-state index contributed by atoms with van der Waals surface area (Å²) in [6, 6.07) is 1.85. The van der Waals surface area contributed by atoms with Gasteiger partial charge in [-0.15, -0.1) is 0 Å². The van der Waals surface area contributed by atoms with Crippen molar-refractivity contribution in [2.75, 3.05) is 0 Å². The van der Waals surface area contributed by atoms with Gasteiger partial charge >= 0.3 is 5.97 Å². The minimum Gasteiger partial charge on any atom is -0.477 e. The Hall–Kier alpha value is -1.25. The highest BCUT2D eigenvalue weighted by Gasteiger charge is 2.15. The molecule has 1 aromatic rings. The number of carbonyl (C=O) groups is 1. The van der Waals surface area contributed by atoms with Gasteiger partial charge in [-0.1, -0.05) is 20.8 Å². The number of hydrogen-bond donors (Lipinski definition) is 1. The first-order valence-corrected chi connectivity index (χ1v) is 5.20. The van der Waals surface area contributed by atoms with Crippen LogP contribution in [0.2, 0.25) is 0 Å². The SMILES string of the molecule is Cc1ccn(CCC(C)(C)C)c1C(=O)O. The molecule has 0 aliphatic rings. The summed E-state index contributed by atoms with van der Waals surface area (Å²) in [5, 5.41) is 9.04. The fraction of sp³-hybridized carbons (Fsp3) is 0.583. The van der Waals surface area contributed by atoms with E-state index in [1.54, 1.807) is 0 Å². The Labute approximate surface area is 90.7 Å². The fourth-order valence-electron chi connectivity index (χ4n) is 1.52. The molecule has 1 aromatic heterocycles. The lowest BCUT2D eigenvalue weighted by atomic mass is 9.92. The Bertz CT molecular complexity index is 358. The highest BCUT2D eigenvalue weighted by Crippen LogP contribution is 2.21. The third kappa shape index (κ3) is 3.11. The molecule has 3 nitrogen and oxygen atoms in total. The Balaban J connectivity index is 2.82. The molecular weight excluding hydrogens is 190 g/mol. The normalized spacial score (nSPS) is 11.7. The van der Waals surface area contributed by atoms with E-state index in [1.165, 1.54) is 0 Å². The van der Waals surface area contributed by atoms with E-state index >= 15 is 0 Å². The first-order valence-electron chi connectivity index (χ1n) is 5.20. The second-order valence-corrected chi connectivity index (χ2v) is 5.16. The number of nitrogens with zero attached hydrogens (tertiary/aromatic N) is 1. The molecule has 0 unspecified atom stereocenters. The highest BCUT2D eigenvalue weighted by atomic mass is 16.4. The Morgan fingerprint density at radius 1 is 1.47 bits per heavy atom. The van der Waals surface area contributed by atoms with Gasteiger partial charge < -0.3 is 9.67 Å². The van der Waals surface area contributed by atoms with Crippen LogP contribution in [0.1, 0.15) is 43.2 Å². The molecule has 0 aliphatic carbocycles. The molecule has 0 amide bonds. The molecule has 0 spiro atoms. The third-order valence-corrected chi connectivity index (χ3v) is 2.47. The van der Waals surface area contributed by atoms with Crippen molar-refractivity contribution in [1.82, 2.24) is 4.57 Å². The summed E-state index contributed by atoms with van der Waals surface area (Å²) in [6.07, 6.45) is 2.83. The van der Waals surface area contributed by atoms with E-state index < -0.39 is 5.97 Å². The monoisotopic (exact) mass is 209 g/mol. The van der Waals surface area contributed by atoms with Crippen molar-refractivity contribution in [3.05, 3.63) is 23.5 Å². The molecule has 84 valence electrons. The zero-order chi connectivity index (χ0) is 11.6. The van der Waals surface area contributed by atoms with Crippen LogP contribution >= 0.6 is 0 Å². The Kier molecular flexibility index (Phi) is 3.22. The summed E-state index contributed by atoms with van der Waals surface area (Å²) < 4.78 is 1.82. The van der Waals surface area contributed by atoms with E-state index in [9.17, 15) is 4.79 Å². The van der Waals surface area contributed by atoms with E-state index in [2.05, 4.69) is 20.8 Å². The molecule has 3 heteroatoms. The summed E-state index contributed by atoms with van der Waals surface area (Å²) in [7, 11) is 0. The average Bonchev–Trinajstić information content (AvgIpc) is 2.42. The molecular formula is C12H19NO2. The highest BCUT2D eigenvalue weighted by molar-refractivity contribution is 5.87. The average molecular weight is 209 g/mol. The van der Waals surface area contributed by atoms with E-state index in [0.29, 0.717) is 5.69 Å². The summed E-state index contributed by atoms with van der Waals surface area (Å²) in [6.45, 7) is 9.06. The van der Waals surface area contributed by atoms with E-state index in [0.717, 1.165) is 18.5 Å². The fourth-order valence-corrected chi connectivity index (χ4v) is 1.52. The maximum atomic E-state index is 11.0. The van der Waals surface area contributed by atoms with Crippen molar-refractivity contribution in [3.63, 3.8) is 0 Å². The van der Waals surface area contributed by atoms with Gasteiger partial charge in [0.25, 0.3) is 0 Å². The minimum atomic E-state index is -0.841. The van der Waals surface area contributed by atoms with Gasteiger partial charge in [0.2, 0.25) is 0 Å². The number of aromatic carboxylic acids is 1. The molecule has 0 aromatic carbocycles. The van der Waals surface area contributed by atoms with Crippen molar-refractivity contribution in [2.24, 2.45) is 5.41 Å². The van der Waals surface area contributed by atoms with Gasteiger partial charge in [0.15, 0.2) is 0 Å². The summed E-state index contributed by atoms with van der Waals surface area (Å²) >= 11 is 0. The van der Waals surface area contributed by atoms with Gasteiger partial charge in [-0.25, -0.2) is 4.79 Å². The lowest BCUT2D eigenvalue weighted by molar-refractivity contribution is 0.0683. The maximum Gasteiger partial charge on any atom is 0.352 e. The first kappa shape index (κ1) is 11.8. The second-order valence-electron chi connectivity index (χ2n) is 5.16. The standard InChI is InChI=1S/C12H19NO2/c1-9-5-7-13(10(9)11(14)15)8-6-12(2,3)4/h5,7H,6,8H2,1-4H3,(H,14,15). The minimum absolute atomic E-state index is 0.230. The number of rotatable bonds is 3. The second kappa shape index (κ2) is 4.09. The number of aryl methyl sites for hydroxylation is 2. The van der Waals surface area contributed by atoms with Crippen molar-refractivity contribution < 1.29 is 9.90 Å². The first-order chi connectivity index (χ1) is 6.81. The molecule has 0 saturated heterocycles. The molecule has 0 radical (unpaired) electrons. The molecule has 0 atom stereocenters. The quantitative estimate of drug-likeness (QED) is 0.831. The summed E-state index contributed by atoms with van der Waals surface area (Å²) in [5.74, 6) is -0.841. The van der Waals surface area contributed by atoms with Crippen LogP contribution in [-0.2, 0) is 6.54 Å². The molecule has 1 N–H and O–H groups in total. The number of carboxylic acid groups (broad SMARTS) is 1. The molecule has 0 saturated carbocycles. The van der Waals surface area contributed by atoms with Gasteiger partial charge in [-0.05, 0) is 30.4 Å². The largest absolute Gasteiger partial charge is 0.477 e. The summed E-state index contributed by atoms with van der Waals surface area (Å²) in [4.78, 5) is 11.0. The van der Waals surface area contributed by atoms with Crippen LogP contribution in [0.25, 0.3) is 0 Å². The van der Waals surface area contributed by atoms with Crippen LogP contribution in [-0.4, -0.2) is 15.6 Å². The van der Waals surface area contributed by atoms with Gasteiger partial charge in [0.05, 0.1) is 0 Å². The van der Waals surface area contributed by atoms with Gasteiger partial charge in [0.1, 0.15) is 5.69 Å². The predicted octanol–water partition coefficient (Wildman–Crippen LogP) is 2.93. The van der Waals surface area contributed by atoms with Crippen LogP contribution in [0.4, 0.5) is 0 Å². The maximum absolute atomic E-state index is 11.0. The number of carboxylic acids is 1. The van der Waals surface area contributed by atoms with Crippen LogP contribution < -0.4 is 0 Å². The molecule has 15 heavy (non-hydrogen) atoms. The molecule has 0 fully saturated rings. The molecule has 1 rings (SSSR count). The van der Waals surface area contributed by atoms with Crippen LogP contribution in [0.5, 0.6) is 0 Å².